The lowest BCUT2D eigenvalue weighted by Crippen LogP contribution is -2.52. The first-order chi connectivity index (χ1) is 11.0. The minimum atomic E-state index is -1.000. The molecule has 3 N–H and O–H groups in total. The number of benzene rings is 1. The fraction of sp³-hybridized carbons (Fsp3) is 0.529. The van der Waals surface area contributed by atoms with Gasteiger partial charge in [-0.3, -0.25) is 4.79 Å². The molecule has 0 aliphatic heterocycles. The van der Waals surface area contributed by atoms with Crippen LogP contribution in [0.4, 0.5) is 0 Å². The average Bonchev–Trinajstić information content (AvgIpc) is 2.52. The van der Waals surface area contributed by atoms with Crippen molar-refractivity contribution in [1.82, 2.24) is 10.6 Å². The molecule has 23 heavy (non-hydrogen) atoms. The molecule has 5 nitrogen and oxygen atoms in total. The summed E-state index contributed by atoms with van der Waals surface area (Å²) in [4.78, 5) is 23.7. The van der Waals surface area contributed by atoms with Crippen molar-refractivity contribution in [2.24, 2.45) is 5.92 Å². The number of hydrogen-bond acceptors (Lipinski definition) is 4. The van der Waals surface area contributed by atoms with Crippen molar-refractivity contribution in [2.75, 3.05) is 12.0 Å². The Kier molecular flexibility index (Phi) is 8.73. The topological polar surface area (TPSA) is 78.4 Å². The van der Waals surface area contributed by atoms with E-state index >= 15 is 0 Å². The normalized spacial score (nSPS) is 13.6. The molecule has 0 aromatic heterocycles. The van der Waals surface area contributed by atoms with Crippen LogP contribution in [-0.2, 0) is 16.1 Å². The molecule has 0 fully saturated rings. The Bertz CT molecular complexity index is 494. The summed E-state index contributed by atoms with van der Waals surface area (Å²) in [6, 6.07) is 8.57. The Morgan fingerprint density at radius 2 is 1.87 bits per heavy atom. The third-order valence-corrected chi connectivity index (χ3v) is 4.20. The van der Waals surface area contributed by atoms with Crippen molar-refractivity contribution in [3.05, 3.63) is 35.9 Å². The van der Waals surface area contributed by atoms with Crippen LogP contribution >= 0.6 is 11.8 Å². The molecule has 0 unspecified atom stereocenters. The smallest absolute Gasteiger partial charge is 0.326 e. The van der Waals surface area contributed by atoms with E-state index in [0.717, 1.165) is 11.3 Å². The minimum Gasteiger partial charge on any atom is -0.480 e. The molecule has 6 heteroatoms. The minimum absolute atomic E-state index is 0.160. The third kappa shape index (κ3) is 7.05. The van der Waals surface area contributed by atoms with Gasteiger partial charge in [-0.1, -0.05) is 44.2 Å². The second-order valence-electron chi connectivity index (χ2n) is 5.77. The lowest BCUT2D eigenvalue weighted by molar-refractivity contribution is -0.143. The summed E-state index contributed by atoms with van der Waals surface area (Å²) in [6.07, 6.45) is 2.64. The Labute approximate surface area is 142 Å². The Morgan fingerprint density at radius 1 is 1.22 bits per heavy atom. The first kappa shape index (κ1) is 19.5. The highest BCUT2D eigenvalue weighted by Crippen LogP contribution is 2.07. The standard InChI is InChI=1S/C17H26N2O3S/c1-12(2)15(17(21)22)19-16(20)14(9-10-23-3)18-11-13-7-5-4-6-8-13/h4-8,12,14-15,18H,9-11H2,1-3H3,(H,19,20)(H,21,22)/t14-,15-/m0/s1. The number of amides is 1. The molecular formula is C17H26N2O3S. The van der Waals surface area contributed by atoms with Gasteiger partial charge in [0.05, 0.1) is 6.04 Å². The molecule has 1 rings (SSSR count). The summed E-state index contributed by atoms with van der Waals surface area (Å²) in [5.41, 5.74) is 1.09. The molecule has 2 atom stereocenters. The van der Waals surface area contributed by atoms with Gasteiger partial charge in [-0.05, 0) is 29.9 Å². The molecule has 1 aromatic carbocycles. The molecule has 0 bridgehead atoms. The van der Waals surface area contributed by atoms with E-state index in [1.165, 1.54) is 0 Å². The number of hydrogen-bond donors (Lipinski definition) is 3. The molecule has 0 spiro atoms. The van der Waals surface area contributed by atoms with Crippen LogP contribution in [0.3, 0.4) is 0 Å². The maximum Gasteiger partial charge on any atom is 0.326 e. The Morgan fingerprint density at radius 3 is 2.39 bits per heavy atom. The third-order valence-electron chi connectivity index (χ3n) is 3.55. The van der Waals surface area contributed by atoms with Crippen LogP contribution in [-0.4, -0.2) is 41.1 Å². The zero-order chi connectivity index (χ0) is 17.2. The molecule has 0 aliphatic rings. The van der Waals surface area contributed by atoms with Crippen LogP contribution in [0.5, 0.6) is 0 Å². The van der Waals surface area contributed by atoms with E-state index in [0.29, 0.717) is 13.0 Å². The predicted molar refractivity (Wildman–Crippen MR) is 94.5 cm³/mol. The summed E-state index contributed by atoms with van der Waals surface area (Å²) in [6.45, 7) is 4.15. The van der Waals surface area contributed by atoms with Gasteiger partial charge >= 0.3 is 5.97 Å². The van der Waals surface area contributed by atoms with Gasteiger partial charge in [0.15, 0.2) is 0 Å². The number of thioether (sulfide) groups is 1. The summed E-state index contributed by atoms with van der Waals surface area (Å²) in [5, 5.41) is 15.1. The molecule has 0 radical (unpaired) electrons. The van der Waals surface area contributed by atoms with Gasteiger partial charge in [0.2, 0.25) is 5.91 Å². The fourth-order valence-electron chi connectivity index (χ4n) is 2.17. The second kappa shape index (κ2) is 10.3. The van der Waals surface area contributed by atoms with Crippen molar-refractivity contribution in [3.63, 3.8) is 0 Å². The number of carbonyl (C=O) groups is 2. The zero-order valence-electron chi connectivity index (χ0n) is 13.9. The molecule has 128 valence electrons. The molecule has 0 aliphatic carbocycles. The highest BCUT2D eigenvalue weighted by Gasteiger charge is 2.27. The maximum atomic E-state index is 12.4. The van der Waals surface area contributed by atoms with Crippen molar-refractivity contribution in [2.45, 2.75) is 38.9 Å². The van der Waals surface area contributed by atoms with Crippen LogP contribution in [0.15, 0.2) is 30.3 Å². The highest BCUT2D eigenvalue weighted by atomic mass is 32.2. The molecule has 1 amide bonds. The fourth-order valence-corrected chi connectivity index (χ4v) is 2.64. The number of aliphatic carboxylic acids is 1. The van der Waals surface area contributed by atoms with Crippen LogP contribution in [0.2, 0.25) is 0 Å². The molecule has 0 heterocycles. The molecule has 0 saturated carbocycles. The van der Waals surface area contributed by atoms with E-state index in [1.54, 1.807) is 25.6 Å². The van der Waals surface area contributed by atoms with Gasteiger partial charge in [0, 0.05) is 6.54 Å². The number of nitrogens with one attached hydrogen (secondary N) is 2. The summed E-state index contributed by atoms with van der Waals surface area (Å²) < 4.78 is 0. The van der Waals surface area contributed by atoms with Gasteiger partial charge in [0.25, 0.3) is 0 Å². The summed E-state index contributed by atoms with van der Waals surface area (Å²) in [5.74, 6) is -0.581. The SMILES string of the molecule is CSCC[C@H](NCc1ccccc1)C(=O)N[C@H](C(=O)O)C(C)C. The largest absolute Gasteiger partial charge is 0.480 e. The van der Waals surface area contributed by atoms with E-state index < -0.39 is 18.1 Å². The molecule has 0 saturated heterocycles. The van der Waals surface area contributed by atoms with E-state index in [4.69, 9.17) is 0 Å². The van der Waals surface area contributed by atoms with Gasteiger partial charge in [0.1, 0.15) is 6.04 Å². The van der Waals surface area contributed by atoms with Crippen LogP contribution in [0, 0.1) is 5.92 Å². The predicted octanol–water partition coefficient (Wildman–Crippen LogP) is 2.12. The first-order valence-electron chi connectivity index (χ1n) is 7.75. The highest BCUT2D eigenvalue weighted by molar-refractivity contribution is 7.98. The van der Waals surface area contributed by atoms with Crippen LogP contribution < -0.4 is 10.6 Å². The number of rotatable bonds is 10. The monoisotopic (exact) mass is 338 g/mol. The van der Waals surface area contributed by atoms with E-state index in [1.807, 2.05) is 36.6 Å². The summed E-state index contributed by atoms with van der Waals surface area (Å²) in [7, 11) is 0. The van der Waals surface area contributed by atoms with Gasteiger partial charge in [-0.15, -0.1) is 0 Å². The molecule has 1 aromatic rings. The van der Waals surface area contributed by atoms with E-state index in [9.17, 15) is 14.7 Å². The Balaban J connectivity index is 2.67. The number of carbonyl (C=O) groups excluding carboxylic acids is 1. The van der Waals surface area contributed by atoms with Gasteiger partial charge in [-0.25, -0.2) is 4.79 Å². The lowest BCUT2D eigenvalue weighted by atomic mass is 10.0. The van der Waals surface area contributed by atoms with E-state index in [2.05, 4.69) is 10.6 Å². The first-order valence-corrected chi connectivity index (χ1v) is 9.14. The maximum absolute atomic E-state index is 12.4. The molecular weight excluding hydrogens is 312 g/mol. The van der Waals surface area contributed by atoms with Crippen molar-refractivity contribution in [1.29, 1.82) is 0 Å². The van der Waals surface area contributed by atoms with Crippen molar-refractivity contribution in [3.8, 4) is 0 Å². The quantitative estimate of drug-likeness (QED) is 0.609. The van der Waals surface area contributed by atoms with Crippen molar-refractivity contribution < 1.29 is 14.7 Å². The second-order valence-corrected chi connectivity index (χ2v) is 6.75. The van der Waals surface area contributed by atoms with Crippen LogP contribution in [0.1, 0.15) is 25.8 Å². The van der Waals surface area contributed by atoms with Crippen LogP contribution in [0.25, 0.3) is 0 Å². The lowest BCUT2D eigenvalue weighted by Gasteiger charge is -2.23. The van der Waals surface area contributed by atoms with Gasteiger partial charge < -0.3 is 15.7 Å². The number of carboxylic acid groups (broad SMARTS) is 1. The van der Waals surface area contributed by atoms with Gasteiger partial charge in [-0.2, -0.15) is 11.8 Å². The van der Waals surface area contributed by atoms with Crippen molar-refractivity contribution >= 4 is 23.6 Å². The Hall–Kier alpha value is -1.53. The zero-order valence-corrected chi connectivity index (χ0v) is 14.7. The van der Waals surface area contributed by atoms with E-state index in [-0.39, 0.29) is 11.8 Å². The summed E-state index contributed by atoms with van der Waals surface area (Å²) >= 11 is 1.66. The average molecular weight is 338 g/mol. The number of carboxylic acids is 1.